The molecule has 7 nitrogen and oxygen atoms in total. The van der Waals surface area contributed by atoms with Crippen molar-refractivity contribution in [3.63, 3.8) is 0 Å². The molecule has 9 heteroatoms. The molecule has 0 aliphatic carbocycles. The van der Waals surface area contributed by atoms with Crippen LogP contribution in [0.2, 0.25) is 5.02 Å². The maximum Gasteiger partial charge on any atom is 0.242 e. The summed E-state index contributed by atoms with van der Waals surface area (Å²) in [4.78, 5) is 28.2. The fourth-order valence-corrected chi connectivity index (χ4v) is 2.37. The molecule has 28 heavy (non-hydrogen) atoms. The van der Waals surface area contributed by atoms with Crippen LogP contribution in [0, 0.1) is 6.92 Å². The standard InChI is InChI=1S/C19H30ClN5O2.HI/c1-6-21-18(23-12-17(27)25-19(3,4)5)22-11-10-16(26)24-15-9-7-8-14(20)13(15)2;/h7-9H,6,10-12H2,1-5H3,(H,24,26)(H,25,27)(H2,21,22,23);1H. The third-order valence-corrected chi connectivity index (χ3v) is 3.84. The van der Waals surface area contributed by atoms with E-state index in [1.807, 2.05) is 40.7 Å². The van der Waals surface area contributed by atoms with Gasteiger partial charge in [-0.2, -0.15) is 0 Å². The number of nitrogens with one attached hydrogen (secondary N) is 4. The average molecular weight is 524 g/mol. The van der Waals surface area contributed by atoms with Crippen LogP contribution >= 0.6 is 35.6 Å². The number of hydrogen-bond donors (Lipinski definition) is 4. The molecule has 0 heterocycles. The van der Waals surface area contributed by atoms with Gasteiger partial charge in [-0.05, 0) is 52.3 Å². The summed E-state index contributed by atoms with van der Waals surface area (Å²) in [6, 6.07) is 5.39. The highest BCUT2D eigenvalue weighted by atomic mass is 127. The van der Waals surface area contributed by atoms with Gasteiger partial charge in [0.2, 0.25) is 11.8 Å². The number of amides is 2. The van der Waals surface area contributed by atoms with E-state index in [0.29, 0.717) is 29.8 Å². The van der Waals surface area contributed by atoms with Gasteiger partial charge < -0.3 is 21.3 Å². The van der Waals surface area contributed by atoms with E-state index in [9.17, 15) is 9.59 Å². The quantitative estimate of drug-likeness (QED) is 0.251. The van der Waals surface area contributed by atoms with E-state index in [0.717, 1.165) is 5.56 Å². The van der Waals surface area contributed by atoms with Crippen LogP contribution in [0.1, 0.15) is 39.7 Å². The molecule has 0 unspecified atom stereocenters. The molecule has 2 amide bonds. The number of benzene rings is 1. The zero-order chi connectivity index (χ0) is 20.4. The normalized spacial score (nSPS) is 11.3. The van der Waals surface area contributed by atoms with Crippen LogP contribution in [-0.2, 0) is 9.59 Å². The Bertz CT molecular complexity index is 689. The predicted octanol–water partition coefficient (Wildman–Crippen LogP) is 3.06. The van der Waals surface area contributed by atoms with Gasteiger partial charge >= 0.3 is 0 Å². The smallest absolute Gasteiger partial charge is 0.242 e. The molecule has 0 saturated carbocycles. The van der Waals surface area contributed by atoms with Gasteiger partial charge in [0, 0.05) is 35.8 Å². The van der Waals surface area contributed by atoms with Crippen molar-refractivity contribution >= 4 is 59.0 Å². The summed E-state index contributed by atoms with van der Waals surface area (Å²) in [6.07, 6.45) is 0.255. The highest BCUT2D eigenvalue weighted by Gasteiger charge is 2.13. The van der Waals surface area contributed by atoms with Crippen molar-refractivity contribution < 1.29 is 9.59 Å². The van der Waals surface area contributed by atoms with Gasteiger partial charge in [-0.3, -0.25) is 9.59 Å². The molecule has 1 aromatic rings. The van der Waals surface area contributed by atoms with Crippen molar-refractivity contribution in [3.8, 4) is 0 Å². The summed E-state index contributed by atoms with van der Waals surface area (Å²) in [5.74, 6) is 0.205. The molecular formula is C19H31ClIN5O2. The molecule has 0 saturated heterocycles. The monoisotopic (exact) mass is 523 g/mol. The van der Waals surface area contributed by atoms with E-state index in [1.165, 1.54) is 0 Å². The first kappa shape index (κ1) is 26.4. The van der Waals surface area contributed by atoms with Crippen LogP contribution < -0.4 is 21.3 Å². The Hall–Kier alpha value is -1.55. The number of carbonyl (C=O) groups is 2. The van der Waals surface area contributed by atoms with Crippen molar-refractivity contribution in [2.45, 2.75) is 46.6 Å². The van der Waals surface area contributed by atoms with Crippen molar-refractivity contribution in [3.05, 3.63) is 28.8 Å². The summed E-state index contributed by atoms with van der Waals surface area (Å²) in [7, 11) is 0. The molecule has 4 N–H and O–H groups in total. The van der Waals surface area contributed by atoms with Crippen molar-refractivity contribution in [2.75, 3.05) is 25.0 Å². The number of aliphatic imine (C=N–C) groups is 1. The SMILES string of the molecule is CCNC(=NCC(=O)NC(C)(C)C)NCCC(=O)Nc1cccc(Cl)c1C.I. The Balaban J connectivity index is 0.00000729. The molecule has 1 rings (SSSR count). The molecule has 0 spiro atoms. The van der Waals surface area contributed by atoms with Gasteiger partial charge in [0.05, 0.1) is 0 Å². The minimum Gasteiger partial charge on any atom is -0.357 e. The van der Waals surface area contributed by atoms with Crippen molar-refractivity contribution in [1.82, 2.24) is 16.0 Å². The van der Waals surface area contributed by atoms with Gasteiger partial charge in [0.15, 0.2) is 5.96 Å². The second-order valence-corrected chi connectivity index (χ2v) is 7.54. The number of hydrogen-bond acceptors (Lipinski definition) is 3. The average Bonchev–Trinajstić information content (AvgIpc) is 2.55. The summed E-state index contributed by atoms with van der Waals surface area (Å²) < 4.78 is 0. The molecule has 0 radical (unpaired) electrons. The number of nitrogens with zero attached hydrogens (tertiary/aromatic N) is 1. The van der Waals surface area contributed by atoms with Crippen LogP contribution in [0.25, 0.3) is 0 Å². The van der Waals surface area contributed by atoms with Gasteiger partial charge in [-0.1, -0.05) is 17.7 Å². The summed E-state index contributed by atoms with van der Waals surface area (Å²) in [5, 5.41) is 12.4. The fourth-order valence-electron chi connectivity index (χ4n) is 2.20. The highest BCUT2D eigenvalue weighted by Crippen LogP contribution is 2.22. The maximum atomic E-state index is 12.1. The molecule has 0 aliphatic heterocycles. The Kier molecular flexibility index (Phi) is 12.1. The molecule has 0 fully saturated rings. The number of halogens is 2. The topological polar surface area (TPSA) is 94.6 Å². The summed E-state index contributed by atoms with van der Waals surface area (Å²) >= 11 is 6.06. The maximum absolute atomic E-state index is 12.1. The van der Waals surface area contributed by atoms with Crippen LogP contribution in [-0.4, -0.2) is 42.9 Å². The van der Waals surface area contributed by atoms with Gasteiger partial charge in [-0.15, -0.1) is 24.0 Å². The van der Waals surface area contributed by atoms with Crippen molar-refractivity contribution in [1.29, 1.82) is 0 Å². The molecule has 0 aliphatic rings. The van der Waals surface area contributed by atoms with E-state index < -0.39 is 0 Å². The fraction of sp³-hybridized carbons (Fsp3) is 0.526. The van der Waals surface area contributed by atoms with Crippen LogP contribution in [0.4, 0.5) is 5.69 Å². The summed E-state index contributed by atoms with van der Waals surface area (Å²) in [5.41, 5.74) is 1.24. The number of guanidine groups is 1. The number of carbonyl (C=O) groups excluding carboxylic acids is 2. The third-order valence-electron chi connectivity index (χ3n) is 3.43. The van der Waals surface area contributed by atoms with E-state index in [2.05, 4.69) is 26.3 Å². The van der Waals surface area contributed by atoms with Crippen molar-refractivity contribution in [2.24, 2.45) is 4.99 Å². The highest BCUT2D eigenvalue weighted by molar-refractivity contribution is 14.0. The Labute approximate surface area is 189 Å². The van der Waals surface area contributed by atoms with Crippen LogP contribution in [0.3, 0.4) is 0 Å². The lowest BCUT2D eigenvalue weighted by Gasteiger charge is -2.20. The Morgan fingerprint density at radius 2 is 1.82 bits per heavy atom. The van der Waals surface area contributed by atoms with Gasteiger partial charge in [0.25, 0.3) is 0 Å². The lowest BCUT2D eigenvalue weighted by molar-refractivity contribution is -0.121. The molecule has 1 aromatic carbocycles. The van der Waals surface area contributed by atoms with E-state index in [4.69, 9.17) is 11.6 Å². The minimum absolute atomic E-state index is 0. The predicted molar refractivity (Wildman–Crippen MR) is 127 cm³/mol. The number of anilines is 1. The first-order chi connectivity index (χ1) is 12.6. The molecular weight excluding hydrogens is 493 g/mol. The Morgan fingerprint density at radius 3 is 2.43 bits per heavy atom. The molecule has 158 valence electrons. The zero-order valence-corrected chi connectivity index (χ0v) is 20.2. The second-order valence-electron chi connectivity index (χ2n) is 7.13. The van der Waals surface area contributed by atoms with Crippen LogP contribution in [0.5, 0.6) is 0 Å². The minimum atomic E-state index is -0.297. The van der Waals surface area contributed by atoms with Crippen LogP contribution in [0.15, 0.2) is 23.2 Å². The zero-order valence-electron chi connectivity index (χ0n) is 17.1. The second kappa shape index (κ2) is 12.8. The largest absolute Gasteiger partial charge is 0.357 e. The van der Waals surface area contributed by atoms with E-state index in [-0.39, 0.29) is 54.3 Å². The molecule has 0 bridgehead atoms. The summed E-state index contributed by atoms with van der Waals surface area (Å²) in [6.45, 7) is 10.6. The van der Waals surface area contributed by atoms with E-state index >= 15 is 0 Å². The van der Waals surface area contributed by atoms with E-state index in [1.54, 1.807) is 12.1 Å². The lowest BCUT2D eigenvalue weighted by Crippen LogP contribution is -2.43. The third kappa shape index (κ3) is 10.7. The van der Waals surface area contributed by atoms with Gasteiger partial charge in [-0.25, -0.2) is 4.99 Å². The molecule has 0 aromatic heterocycles. The first-order valence-corrected chi connectivity index (χ1v) is 9.38. The Morgan fingerprint density at radius 1 is 1.14 bits per heavy atom. The van der Waals surface area contributed by atoms with Gasteiger partial charge in [0.1, 0.15) is 6.54 Å². The lowest BCUT2D eigenvalue weighted by atomic mass is 10.1. The molecule has 0 atom stereocenters. The first-order valence-electron chi connectivity index (χ1n) is 9.00. The number of rotatable bonds is 7.